The fourth-order valence-electron chi connectivity index (χ4n) is 1.27. The van der Waals surface area contributed by atoms with E-state index in [1.165, 1.54) is 6.21 Å². The summed E-state index contributed by atoms with van der Waals surface area (Å²) in [5, 5.41) is 12.9. The summed E-state index contributed by atoms with van der Waals surface area (Å²) < 4.78 is 5.15. The first-order valence-corrected chi connectivity index (χ1v) is 7.10. The number of rotatable bonds is 7. The number of ether oxygens (including phenoxy) is 1. The fraction of sp³-hybridized carbons (Fsp3) is 0.412. The zero-order chi connectivity index (χ0) is 17.2. The zero-order valence-electron chi connectivity index (χ0n) is 14.1. The lowest BCUT2D eigenvalue weighted by Gasteiger charge is -2.19. The maximum Gasteiger partial charge on any atom is 0.407 e. The molecule has 0 atom stereocenters. The summed E-state index contributed by atoms with van der Waals surface area (Å²) in [5.41, 5.74) is 1.92. The van der Waals surface area contributed by atoms with Gasteiger partial charge >= 0.3 is 6.09 Å². The van der Waals surface area contributed by atoms with Crippen LogP contribution in [0.3, 0.4) is 0 Å². The Kier molecular flexibility index (Phi) is 8.60. The van der Waals surface area contributed by atoms with E-state index in [2.05, 4.69) is 17.2 Å². The summed E-state index contributed by atoms with van der Waals surface area (Å²) in [6, 6.07) is 0. The molecule has 3 N–H and O–H groups in total. The third kappa shape index (κ3) is 10.5. The normalized spacial score (nSPS) is 13.0. The Morgan fingerprint density at radius 3 is 2.45 bits per heavy atom. The number of alkyl carbamates (subject to hydrolysis) is 1. The first kappa shape index (κ1) is 19.7. The van der Waals surface area contributed by atoms with E-state index in [9.17, 15) is 4.79 Å². The number of nitrogens with one attached hydrogen (secondary N) is 3. The molecule has 0 rings (SSSR count). The molecule has 0 aliphatic heterocycles. The van der Waals surface area contributed by atoms with E-state index in [0.29, 0.717) is 12.2 Å². The third-order valence-electron chi connectivity index (χ3n) is 2.39. The Labute approximate surface area is 133 Å². The average molecular weight is 305 g/mol. The molecule has 0 aromatic rings. The second kappa shape index (κ2) is 9.60. The van der Waals surface area contributed by atoms with Crippen molar-refractivity contribution in [3.8, 4) is 0 Å². The Bertz CT molecular complexity index is 495. The molecule has 0 aliphatic rings. The molecule has 0 fully saturated rings. The van der Waals surface area contributed by atoms with Crippen molar-refractivity contribution in [3.05, 3.63) is 47.9 Å². The van der Waals surface area contributed by atoms with Crippen LogP contribution in [0.4, 0.5) is 4.79 Å². The SMILES string of the molecule is C=C(/C=C\C(C=N)=C/C)N/C=C(\C)CNC(=O)OC(C)(C)C. The van der Waals surface area contributed by atoms with Crippen LogP contribution in [0.1, 0.15) is 34.6 Å². The second-order valence-electron chi connectivity index (χ2n) is 5.78. The number of carbonyl (C=O) groups is 1. The lowest BCUT2D eigenvalue weighted by atomic mass is 10.2. The van der Waals surface area contributed by atoms with Crippen molar-refractivity contribution in [1.29, 1.82) is 5.41 Å². The second-order valence-corrected chi connectivity index (χ2v) is 5.78. The number of hydrogen-bond donors (Lipinski definition) is 3. The van der Waals surface area contributed by atoms with Gasteiger partial charge in [-0.05, 0) is 51.8 Å². The molecule has 0 spiro atoms. The highest BCUT2D eigenvalue weighted by Crippen LogP contribution is 2.06. The third-order valence-corrected chi connectivity index (χ3v) is 2.39. The van der Waals surface area contributed by atoms with E-state index in [0.717, 1.165) is 11.1 Å². The van der Waals surface area contributed by atoms with Gasteiger partial charge in [-0.2, -0.15) is 0 Å². The van der Waals surface area contributed by atoms with Crippen molar-refractivity contribution in [2.45, 2.75) is 40.2 Å². The minimum Gasteiger partial charge on any atom is -0.444 e. The van der Waals surface area contributed by atoms with Crippen molar-refractivity contribution in [3.63, 3.8) is 0 Å². The molecule has 0 aromatic carbocycles. The zero-order valence-corrected chi connectivity index (χ0v) is 14.1. The van der Waals surface area contributed by atoms with Gasteiger partial charge in [-0.25, -0.2) is 4.79 Å². The summed E-state index contributed by atoms with van der Waals surface area (Å²) in [6.45, 7) is 13.5. The quantitative estimate of drug-likeness (QED) is 0.496. The molecular weight excluding hydrogens is 278 g/mol. The molecule has 0 bridgehead atoms. The molecule has 0 radical (unpaired) electrons. The van der Waals surface area contributed by atoms with Gasteiger partial charge in [0.1, 0.15) is 5.60 Å². The van der Waals surface area contributed by atoms with Crippen LogP contribution in [0, 0.1) is 5.41 Å². The highest BCUT2D eigenvalue weighted by Gasteiger charge is 2.15. The number of amides is 1. The van der Waals surface area contributed by atoms with Crippen LogP contribution in [0.2, 0.25) is 0 Å². The van der Waals surface area contributed by atoms with Crippen LogP contribution in [-0.2, 0) is 4.74 Å². The molecular formula is C17H27N3O2. The van der Waals surface area contributed by atoms with Crippen LogP contribution in [0.5, 0.6) is 0 Å². The van der Waals surface area contributed by atoms with Crippen LogP contribution < -0.4 is 10.6 Å². The lowest BCUT2D eigenvalue weighted by Crippen LogP contribution is -2.33. The fourth-order valence-corrected chi connectivity index (χ4v) is 1.27. The van der Waals surface area contributed by atoms with E-state index in [1.807, 2.05) is 40.7 Å². The predicted molar refractivity (Wildman–Crippen MR) is 92.0 cm³/mol. The molecule has 122 valence electrons. The van der Waals surface area contributed by atoms with Gasteiger partial charge in [-0.15, -0.1) is 0 Å². The summed E-state index contributed by atoms with van der Waals surface area (Å²) in [6.07, 6.45) is 8.01. The van der Waals surface area contributed by atoms with Gasteiger partial charge in [0.2, 0.25) is 0 Å². The van der Waals surface area contributed by atoms with Crippen LogP contribution in [-0.4, -0.2) is 24.5 Å². The largest absolute Gasteiger partial charge is 0.444 e. The van der Waals surface area contributed by atoms with Gasteiger partial charge in [-0.1, -0.05) is 18.7 Å². The van der Waals surface area contributed by atoms with Crippen LogP contribution in [0.15, 0.2) is 47.9 Å². The van der Waals surface area contributed by atoms with E-state index in [1.54, 1.807) is 18.4 Å². The number of allylic oxidation sites excluding steroid dienone is 4. The van der Waals surface area contributed by atoms with Crippen molar-refractivity contribution in [2.75, 3.05) is 6.54 Å². The Morgan fingerprint density at radius 1 is 1.32 bits per heavy atom. The molecule has 0 saturated heterocycles. The van der Waals surface area contributed by atoms with Crippen molar-refractivity contribution in [1.82, 2.24) is 10.6 Å². The molecule has 0 aliphatic carbocycles. The lowest BCUT2D eigenvalue weighted by molar-refractivity contribution is 0.0532. The van der Waals surface area contributed by atoms with Gasteiger partial charge in [-0.3, -0.25) is 0 Å². The minimum absolute atomic E-state index is 0.388. The highest BCUT2D eigenvalue weighted by molar-refractivity contribution is 5.79. The van der Waals surface area contributed by atoms with E-state index >= 15 is 0 Å². The van der Waals surface area contributed by atoms with Crippen LogP contribution in [0.25, 0.3) is 0 Å². The van der Waals surface area contributed by atoms with Crippen LogP contribution >= 0.6 is 0 Å². The molecule has 0 saturated carbocycles. The van der Waals surface area contributed by atoms with Crippen molar-refractivity contribution >= 4 is 12.3 Å². The standard InChI is InChI=1S/C17H27N3O2/c1-7-15(10-18)9-8-14(3)19-11-13(2)12-20-16(21)22-17(4,5)6/h7-11,18-19H,3,12H2,1-2,4-6H3,(H,20,21)/b9-8-,13-11+,15-7+,18-10?. The Hall–Kier alpha value is -2.30. The maximum atomic E-state index is 11.5. The average Bonchev–Trinajstić information content (AvgIpc) is 2.42. The topological polar surface area (TPSA) is 74.2 Å². The van der Waals surface area contributed by atoms with E-state index < -0.39 is 11.7 Å². The van der Waals surface area contributed by atoms with Gasteiger partial charge < -0.3 is 20.8 Å². The van der Waals surface area contributed by atoms with E-state index in [4.69, 9.17) is 10.1 Å². The number of carbonyl (C=O) groups excluding carboxylic acids is 1. The highest BCUT2D eigenvalue weighted by atomic mass is 16.6. The van der Waals surface area contributed by atoms with Gasteiger partial charge in [0, 0.05) is 24.7 Å². The smallest absolute Gasteiger partial charge is 0.407 e. The first-order chi connectivity index (χ1) is 10.2. The maximum absolute atomic E-state index is 11.5. The molecule has 0 aromatic heterocycles. The molecule has 5 nitrogen and oxygen atoms in total. The molecule has 0 unspecified atom stereocenters. The molecule has 22 heavy (non-hydrogen) atoms. The molecule has 1 amide bonds. The summed E-state index contributed by atoms with van der Waals surface area (Å²) >= 11 is 0. The summed E-state index contributed by atoms with van der Waals surface area (Å²) in [5.74, 6) is 0. The number of hydrogen-bond acceptors (Lipinski definition) is 4. The van der Waals surface area contributed by atoms with Gasteiger partial charge in [0.05, 0.1) is 0 Å². The van der Waals surface area contributed by atoms with Crippen molar-refractivity contribution in [2.24, 2.45) is 0 Å². The van der Waals surface area contributed by atoms with Gasteiger partial charge in [0.15, 0.2) is 0 Å². The first-order valence-electron chi connectivity index (χ1n) is 7.10. The Balaban J connectivity index is 4.26. The predicted octanol–water partition coefficient (Wildman–Crippen LogP) is 3.67. The van der Waals surface area contributed by atoms with E-state index in [-0.39, 0.29) is 0 Å². The molecule has 0 heterocycles. The minimum atomic E-state index is -0.502. The summed E-state index contributed by atoms with van der Waals surface area (Å²) in [7, 11) is 0. The summed E-state index contributed by atoms with van der Waals surface area (Å²) in [4.78, 5) is 11.5. The van der Waals surface area contributed by atoms with Crippen molar-refractivity contribution < 1.29 is 9.53 Å². The van der Waals surface area contributed by atoms with Gasteiger partial charge in [0.25, 0.3) is 0 Å². The monoisotopic (exact) mass is 305 g/mol. The Morgan fingerprint density at radius 2 is 1.95 bits per heavy atom. The molecule has 5 heteroatoms.